The fraction of sp³-hybridized carbons (Fsp3) is 0.150. The standard InChI is InChI=1S/C20H16BrN3O6S/c1-3-30-13-6-4-5-12(10-13)23-19(26)14(18(25)22-20(23)31)7-11-8-15(21)17(29-2)16(9-11)24(27)28/h4-10H,3H2,1-2H3,(H,22,25,31)/b14-7+. The zero-order valence-electron chi connectivity index (χ0n) is 16.4. The van der Waals surface area contributed by atoms with Crippen molar-refractivity contribution in [3.8, 4) is 11.5 Å². The Morgan fingerprint density at radius 2 is 2.03 bits per heavy atom. The number of rotatable bonds is 6. The van der Waals surface area contributed by atoms with Gasteiger partial charge in [-0.15, -0.1) is 0 Å². The van der Waals surface area contributed by atoms with Gasteiger partial charge in [-0.05, 0) is 64.9 Å². The topological polar surface area (TPSA) is 111 Å². The van der Waals surface area contributed by atoms with E-state index < -0.39 is 16.7 Å². The van der Waals surface area contributed by atoms with E-state index in [0.29, 0.717) is 22.5 Å². The van der Waals surface area contributed by atoms with Crippen molar-refractivity contribution in [2.24, 2.45) is 0 Å². The highest BCUT2D eigenvalue weighted by atomic mass is 79.9. The van der Waals surface area contributed by atoms with E-state index in [2.05, 4.69) is 21.2 Å². The summed E-state index contributed by atoms with van der Waals surface area (Å²) in [6, 6.07) is 9.42. The number of nitro groups is 1. The largest absolute Gasteiger partial charge is 0.494 e. The third kappa shape index (κ3) is 4.57. The number of thiocarbonyl (C=S) groups is 1. The number of benzene rings is 2. The van der Waals surface area contributed by atoms with Crippen LogP contribution in [-0.2, 0) is 9.59 Å². The highest BCUT2D eigenvalue weighted by Gasteiger charge is 2.35. The van der Waals surface area contributed by atoms with Crippen molar-refractivity contribution in [3.63, 3.8) is 0 Å². The molecule has 0 aromatic heterocycles. The molecule has 2 aromatic carbocycles. The van der Waals surface area contributed by atoms with Crippen LogP contribution < -0.4 is 19.7 Å². The van der Waals surface area contributed by atoms with Crippen LogP contribution in [0.25, 0.3) is 6.08 Å². The summed E-state index contributed by atoms with van der Waals surface area (Å²) in [6.45, 7) is 2.27. The number of anilines is 1. The number of ether oxygens (including phenoxy) is 2. The molecule has 0 radical (unpaired) electrons. The lowest BCUT2D eigenvalue weighted by Gasteiger charge is -2.29. The number of nitro benzene ring substituents is 1. The summed E-state index contributed by atoms with van der Waals surface area (Å²) in [4.78, 5) is 37.5. The van der Waals surface area contributed by atoms with Crippen LogP contribution in [0.3, 0.4) is 0 Å². The Kier molecular flexibility index (Phi) is 6.66. The van der Waals surface area contributed by atoms with Crippen LogP contribution in [0, 0.1) is 10.1 Å². The average Bonchev–Trinajstić information content (AvgIpc) is 2.71. The molecule has 0 aliphatic carbocycles. The summed E-state index contributed by atoms with van der Waals surface area (Å²) in [5.41, 5.74) is 0.119. The van der Waals surface area contributed by atoms with Crippen LogP contribution in [0.5, 0.6) is 11.5 Å². The minimum Gasteiger partial charge on any atom is -0.494 e. The van der Waals surface area contributed by atoms with Crippen LogP contribution >= 0.6 is 28.1 Å². The Balaban J connectivity index is 2.05. The van der Waals surface area contributed by atoms with Gasteiger partial charge in [0.15, 0.2) is 5.11 Å². The summed E-state index contributed by atoms with van der Waals surface area (Å²) < 4.78 is 10.8. The Hall–Kier alpha value is -3.31. The van der Waals surface area contributed by atoms with E-state index >= 15 is 0 Å². The van der Waals surface area contributed by atoms with Gasteiger partial charge < -0.3 is 9.47 Å². The van der Waals surface area contributed by atoms with E-state index in [1.165, 1.54) is 25.3 Å². The lowest BCUT2D eigenvalue weighted by atomic mass is 10.1. The quantitative estimate of drug-likeness (QED) is 0.210. The van der Waals surface area contributed by atoms with E-state index in [-0.39, 0.29) is 27.7 Å². The van der Waals surface area contributed by atoms with E-state index in [9.17, 15) is 19.7 Å². The van der Waals surface area contributed by atoms with Crippen LogP contribution in [0.15, 0.2) is 46.4 Å². The Bertz CT molecular complexity index is 1130. The van der Waals surface area contributed by atoms with E-state index in [1.807, 2.05) is 6.92 Å². The summed E-state index contributed by atoms with van der Waals surface area (Å²) in [5, 5.41) is 13.8. The molecule has 9 nitrogen and oxygen atoms in total. The fourth-order valence-electron chi connectivity index (χ4n) is 2.96. The predicted octanol–water partition coefficient (Wildman–Crippen LogP) is 3.60. The molecule has 0 spiro atoms. The Morgan fingerprint density at radius 1 is 1.29 bits per heavy atom. The number of carbonyl (C=O) groups excluding carboxylic acids is 2. The number of nitrogens with one attached hydrogen (secondary N) is 1. The zero-order valence-corrected chi connectivity index (χ0v) is 18.8. The molecule has 11 heteroatoms. The molecule has 3 rings (SSSR count). The van der Waals surface area contributed by atoms with Crippen LogP contribution in [-0.4, -0.2) is 35.6 Å². The third-order valence-electron chi connectivity index (χ3n) is 4.25. The van der Waals surface area contributed by atoms with Crippen molar-refractivity contribution in [2.75, 3.05) is 18.6 Å². The first-order valence-corrected chi connectivity index (χ1v) is 10.1. The first-order chi connectivity index (χ1) is 14.8. The molecule has 0 saturated carbocycles. The predicted molar refractivity (Wildman–Crippen MR) is 121 cm³/mol. The van der Waals surface area contributed by atoms with Crippen LogP contribution in [0.2, 0.25) is 0 Å². The number of amides is 2. The first-order valence-electron chi connectivity index (χ1n) is 8.93. The van der Waals surface area contributed by atoms with Gasteiger partial charge >= 0.3 is 5.69 Å². The number of carbonyl (C=O) groups is 2. The summed E-state index contributed by atoms with van der Waals surface area (Å²) >= 11 is 8.40. The number of hydrogen-bond donors (Lipinski definition) is 1. The van der Waals surface area contributed by atoms with Crippen molar-refractivity contribution in [3.05, 3.63) is 62.1 Å². The highest BCUT2D eigenvalue weighted by molar-refractivity contribution is 9.10. The van der Waals surface area contributed by atoms with Crippen molar-refractivity contribution in [2.45, 2.75) is 6.92 Å². The highest BCUT2D eigenvalue weighted by Crippen LogP contribution is 2.37. The molecule has 0 unspecified atom stereocenters. The van der Waals surface area contributed by atoms with Crippen molar-refractivity contribution < 1.29 is 24.0 Å². The Morgan fingerprint density at radius 3 is 2.68 bits per heavy atom. The van der Waals surface area contributed by atoms with Gasteiger partial charge in [0.25, 0.3) is 11.8 Å². The second-order valence-corrected chi connectivity index (χ2v) is 7.44. The van der Waals surface area contributed by atoms with Gasteiger partial charge in [-0.2, -0.15) is 0 Å². The van der Waals surface area contributed by atoms with Gasteiger partial charge in [-0.25, -0.2) is 0 Å². The maximum atomic E-state index is 13.1. The summed E-state index contributed by atoms with van der Waals surface area (Å²) in [7, 11) is 1.30. The van der Waals surface area contributed by atoms with Crippen molar-refractivity contribution in [1.82, 2.24) is 5.32 Å². The van der Waals surface area contributed by atoms with Crippen molar-refractivity contribution >= 4 is 62.5 Å². The van der Waals surface area contributed by atoms with Crippen LogP contribution in [0.4, 0.5) is 11.4 Å². The van der Waals surface area contributed by atoms with Crippen LogP contribution in [0.1, 0.15) is 12.5 Å². The van der Waals surface area contributed by atoms with Gasteiger partial charge in [-0.1, -0.05) is 6.07 Å². The molecule has 1 aliphatic heterocycles. The molecule has 1 N–H and O–H groups in total. The molecular weight excluding hydrogens is 490 g/mol. The number of halogens is 1. The second-order valence-electron chi connectivity index (χ2n) is 6.20. The van der Waals surface area contributed by atoms with Gasteiger partial charge in [0.05, 0.1) is 28.8 Å². The molecule has 0 bridgehead atoms. The smallest absolute Gasteiger partial charge is 0.312 e. The molecule has 2 amide bonds. The summed E-state index contributed by atoms with van der Waals surface area (Å²) in [5.74, 6) is -0.811. The van der Waals surface area contributed by atoms with Crippen molar-refractivity contribution in [1.29, 1.82) is 0 Å². The normalized spacial score (nSPS) is 15.1. The average molecular weight is 506 g/mol. The molecule has 2 aromatic rings. The number of hydrogen-bond acceptors (Lipinski definition) is 7. The first kappa shape index (κ1) is 22.4. The molecule has 1 heterocycles. The molecule has 1 saturated heterocycles. The van der Waals surface area contributed by atoms with Gasteiger partial charge in [0.1, 0.15) is 11.3 Å². The SMILES string of the molecule is CCOc1cccc(N2C(=O)/C(=C/c3cc(Br)c(OC)c([N+](=O)[O-])c3)C(=O)NC2=S)c1. The van der Waals surface area contributed by atoms with E-state index in [1.54, 1.807) is 24.3 Å². The van der Waals surface area contributed by atoms with Gasteiger partial charge in [0.2, 0.25) is 5.75 Å². The minimum atomic E-state index is -0.707. The minimum absolute atomic E-state index is 0.0297. The van der Waals surface area contributed by atoms with Gasteiger partial charge in [0, 0.05) is 12.1 Å². The third-order valence-corrected chi connectivity index (χ3v) is 5.12. The van der Waals surface area contributed by atoms with Gasteiger partial charge in [-0.3, -0.25) is 29.9 Å². The molecule has 1 fully saturated rings. The second kappa shape index (κ2) is 9.23. The van der Waals surface area contributed by atoms with E-state index in [0.717, 1.165) is 4.90 Å². The lowest BCUT2D eigenvalue weighted by molar-refractivity contribution is -0.385. The lowest BCUT2D eigenvalue weighted by Crippen LogP contribution is -2.54. The molecule has 160 valence electrons. The fourth-order valence-corrected chi connectivity index (χ4v) is 3.87. The number of methoxy groups -OCH3 is 1. The zero-order chi connectivity index (χ0) is 22.7. The molecule has 0 atom stereocenters. The summed E-state index contributed by atoms with van der Waals surface area (Å²) in [6.07, 6.45) is 1.26. The maximum absolute atomic E-state index is 13.1. The monoisotopic (exact) mass is 505 g/mol. The molecule has 1 aliphatic rings. The van der Waals surface area contributed by atoms with E-state index in [4.69, 9.17) is 21.7 Å². The molecule has 31 heavy (non-hydrogen) atoms. The maximum Gasteiger partial charge on any atom is 0.312 e. The number of nitrogens with zero attached hydrogens (tertiary/aromatic N) is 2. The Labute approximate surface area is 190 Å². The molecular formula is C20H16BrN3O6S.